The number of carbonyl (C=O) groups excluding carboxylic acids is 2. The maximum Gasteiger partial charge on any atom is 0.256 e. The van der Waals surface area contributed by atoms with Crippen LogP contribution < -0.4 is 11.1 Å². The van der Waals surface area contributed by atoms with Gasteiger partial charge in [0, 0.05) is 25.3 Å². The van der Waals surface area contributed by atoms with Crippen molar-refractivity contribution in [2.75, 3.05) is 18.4 Å². The Morgan fingerprint density at radius 2 is 1.69 bits per heavy atom. The number of primary amides is 1. The zero-order valence-corrected chi connectivity index (χ0v) is 18.9. The lowest BCUT2D eigenvalue weighted by atomic mass is 9.99. The highest BCUT2D eigenvalue weighted by molar-refractivity contribution is 6.42. The van der Waals surface area contributed by atoms with Crippen LogP contribution in [0.3, 0.4) is 0 Å². The second kappa shape index (κ2) is 9.74. The minimum Gasteiger partial charge on any atom is -0.366 e. The van der Waals surface area contributed by atoms with E-state index < -0.39 is 5.91 Å². The van der Waals surface area contributed by atoms with E-state index in [0.717, 1.165) is 38.0 Å². The molecule has 0 radical (unpaired) electrons. The van der Waals surface area contributed by atoms with Crippen LogP contribution in [-0.4, -0.2) is 29.8 Å². The van der Waals surface area contributed by atoms with Gasteiger partial charge in [-0.25, -0.2) is 0 Å². The molecule has 3 N–H and O–H groups in total. The Morgan fingerprint density at radius 1 is 0.969 bits per heavy atom. The fourth-order valence-electron chi connectivity index (χ4n) is 3.95. The van der Waals surface area contributed by atoms with Gasteiger partial charge in [0.05, 0.1) is 21.2 Å². The van der Waals surface area contributed by atoms with E-state index in [1.807, 2.05) is 30.3 Å². The molecule has 0 aromatic heterocycles. The zero-order valence-electron chi connectivity index (χ0n) is 17.4. The molecule has 7 heteroatoms. The van der Waals surface area contributed by atoms with Crippen LogP contribution >= 0.6 is 23.2 Å². The summed E-state index contributed by atoms with van der Waals surface area (Å²) in [6.07, 6.45) is 1.84. The van der Waals surface area contributed by atoms with Gasteiger partial charge in [-0.05, 0) is 59.9 Å². The highest BCUT2D eigenvalue weighted by Crippen LogP contribution is 2.32. The maximum absolute atomic E-state index is 12.6. The van der Waals surface area contributed by atoms with Crippen molar-refractivity contribution in [2.45, 2.75) is 19.4 Å². The van der Waals surface area contributed by atoms with E-state index in [1.165, 1.54) is 11.1 Å². The lowest BCUT2D eigenvalue weighted by Gasteiger charge is -2.29. The molecule has 1 heterocycles. The zero-order chi connectivity index (χ0) is 22.7. The summed E-state index contributed by atoms with van der Waals surface area (Å²) >= 11 is 12.6. The number of anilines is 1. The molecule has 0 fully saturated rings. The minimum atomic E-state index is -0.630. The molecule has 1 aliphatic heterocycles. The molecule has 1 aliphatic rings. The predicted octanol–water partition coefficient (Wildman–Crippen LogP) is 4.95. The van der Waals surface area contributed by atoms with Crippen LogP contribution in [0.4, 0.5) is 5.69 Å². The average molecular weight is 468 g/mol. The van der Waals surface area contributed by atoms with E-state index in [2.05, 4.69) is 16.3 Å². The SMILES string of the molecule is NC(=O)c1ccccc1C(=O)Nc1ccc(CCN2CCc3ccc(Cl)c(Cl)c3C2)cc1. The largest absolute Gasteiger partial charge is 0.366 e. The van der Waals surface area contributed by atoms with Crippen molar-refractivity contribution in [2.24, 2.45) is 5.73 Å². The van der Waals surface area contributed by atoms with Gasteiger partial charge in [0.1, 0.15) is 0 Å². The number of carbonyl (C=O) groups is 2. The second-order valence-electron chi connectivity index (χ2n) is 7.84. The second-order valence-corrected chi connectivity index (χ2v) is 8.62. The molecular formula is C25H23Cl2N3O2. The fraction of sp³-hybridized carbons (Fsp3) is 0.200. The molecule has 32 heavy (non-hydrogen) atoms. The van der Waals surface area contributed by atoms with E-state index in [4.69, 9.17) is 28.9 Å². The molecule has 0 saturated heterocycles. The first-order valence-electron chi connectivity index (χ1n) is 10.4. The van der Waals surface area contributed by atoms with Crippen molar-refractivity contribution in [1.82, 2.24) is 4.90 Å². The maximum atomic E-state index is 12.6. The summed E-state index contributed by atoms with van der Waals surface area (Å²) in [7, 11) is 0. The molecule has 0 bridgehead atoms. The number of nitrogens with two attached hydrogens (primary N) is 1. The Balaban J connectivity index is 1.35. The van der Waals surface area contributed by atoms with Crippen LogP contribution in [0, 0.1) is 0 Å². The number of rotatable bonds is 6. The van der Waals surface area contributed by atoms with Crippen molar-refractivity contribution in [1.29, 1.82) is 0 Å². The topological polar surface area (TPSA) is 75.4 Å². The van der Waals surface area contributed by atoms with Gasteiger partial charge in [-0.15, -0.1) is 0 Å². The summed E-state index contributed by atoms with van der Waals surface area (Å²) < 4.78 is 0. The van der Waals surface area contributed by atoms with Gasteiger partial charge in [-0.2, -0.15) is 0 Å². The molecule has 3 aromatic rings. The van der Waals surface area contributed by atoms with E-state index in [0.29, 0.717) is 15.7 Å². The van der Waals surface area contributed by atoms with Gasteiger partial charge in [-0.3, -0.25) is 14.5 Å². The van der Waals surface area contributed by atoms with E-state index in [-0.39, 0.29) is 17.0 Å². The standard InChI is InChI=1S/C25H23Cl2N3O2/c26-22-10-7-17-12-14-30(15-21(17)23(22)27)13-11-16-5-8-18(9-6-16)29-25(32)20-4-2-1-3-19(20)24(28)31/h1-10H,11-15H2,(H2,28,31)(H,29,32). The van der Waals surface area contributed by atoms with Crippen LogP contribution in [-0.2, 0) is 19.4 Å². The van der Waals surface area contributed by atoms with Gasteiger partial charge >= 0.3 is 0 Å². The van der Waals surface area contributed by atoms with Crippen LogP contribution in [0.1, 0.15) is 37.4 Å². The van der Waals surface area contributed by atoms with Gasteiger partial charge < -0.3 is 11.1 Å². The molecule has 0 aliphatic carbocycles. The normalized spacial score (nSPS) is 13.4. The number of benzene rings is 3. The van der Waals surface area contributed by atoms with Crippen molar-refractivity contribution in [3.63, 3.8) is 0 Å². The molecule has 3 aromatic carbocycles. The first-order chi connectivity index (χ1) is 15.4. The van der Waals surface area contributed by atoms with E-state index >= 15 is 0 Å². The summed E-state index contributed by atoms with van der Waals surface area (Å²) in [4.78, 5) is 26.5. The Hall–Kier alpha value is -2.86. The third-order valence-corrected chi connectivity index (χ3v) is 6.58. The van der Waals surface area contributed by atoms with Crippen LogP contribution in [0.5, 0.6) is 0 Å². The molecule has 2 amide bonds. The van der Waals surface area contributed by atoms with Gasteiger partial charge in [0.15, 0.2) is 0 Å². The number of hydrogen-bond donors (Lipinski definition) is 2. The lowest BCUT2D eigenvalue weighted by molar-refractivity contribution is 0.0977. The number of hydrogen-bond acceptors (Lipinski definition) is 3. The number of fused-ring (bicyclic) bond motifs is 1. The molecule has 5 nitrogen and oxygen atoms in total. The van der Waals surface area contributed by atoms with Crippen molar-refractivity contribution in [3.8, 4) is 0 Å². The number of nitrogens with zero attached hydrogens (tertiary/aromatic N) is 1. The first-order valence-corrected chi connectivity index (χ1v) is 11.1. The average Bonchev–Trinajstić information content (AvgIpc) is 2.81. The Bertz CT molecular complexity index is 1160. The van der Waals surface area contributed by atoms with Gasteiger partial charge in [-0.1, -0.05) is 53.5 Å². The fourth-order valence-corrected chi connectivity index (χ4v) is 4.37. The molecule has 164 valence electrons. The highest BCUT2D eigenvalue weighted by Gasteiger charge is 2.20. The van der Waals surface area contributed by atoms with Crippen molar-refractivity contribution < 1.29 is 9.59 Å². The summed E-state index contributed by atoms with van der Waals surface area (Å²) in [6, 6.07) is 18.2. The van der Waals surface area contributed by atoms with E-state index in [9.17, 15) is 9.59 Å². The van der Waals surface area contributed by atoms with Crippen LogP contribution in [0.2, 0.25) is 10.0 Å². The molecule has 0 spiro atoms. The summed E-state index contributed by atoms with van der Waals surface area (Å²) in [5.41, 5.74) is 10.0. The molecule has 4 rings (SSSR count). The third-order valence-electron chi connectivity index (χ3n) is 5.74. The van der Waals surface area contributed by atoms with Crippen molar-refractivity contribution >= 4 is 40.7 Å². The van der Waals surface area contributed by atoms with Crippen LogP contribution in [0.25, 0.3) is 0 Å². The van der Waals surface area contributed by atoms with Gasteiger partial charge in [0.25, 0.3) is 5.91 Å². The van der Waals surface area contributed by atoms with E-state index in [1.54, 1.807) is 24.3 Å². The number of amides is 2. The molecule has 0 atom stereocenters. The Kier molecular flexibility index (Phi) is 6.80. The minimum absolute atomic E-state index is 0.200. The monoisotopic (exact) mass is 467 g/mol. The Morgan fingerprint density at radius 3 is 2.41 bits per heavy atom. The summed E-state index contributed by atoms with van der Waals surface area (Å²) in [5, 5.41) is 4.08. The molecule has 0 unspecified atom stereocenters. The smallest absolute Gasteiger partial charge is 0.256 e. The van der Waals surface area contributed by atoms with Crippen molar-refractivity contribution in [3.05, 3.63) is 98.5 Å². The quantitative estimate of drug-likeness (QED) is 0.538. The molecule has 0 saturated carbocycles. The molecular weight excluding hydrogens is 445 g/mol. The third kappa shape index (κ3) is 4.96. The number of nitrogens with one attached hydrogen (secondary N) is 1. The Labute approximate surface area is 197 Å². The summed E-state index contributed by atoms with van der Waals surface area (Å²) in [5.74, 6) is -0.996. The number of halogens is 2. The predicted molar refractivity (Wildman–Crippen MR) is 129 cm³/mol. The van der Waals surface area contributed by atoms with Crippen LogP contribution in [0.15, 0.2) is 60.7 Å². The highest BCUT2D eigenvalue weighted by atomic mass is 35.5. The lowest BCUT2D eigenvalue weighted by Crippen LogP contribution is -2.32. The van der Waals surface area contributed by atoms with Gasteiger partial charge in [0.2, 0.25) is 5.91 Å². The first kappa shape index (κ1) is 22.3. The summed E-state index contributed by atoms with van der Waals surface area (Å²) in [6.45, 7) is 2.68.